The molecule has 4 nitrogen and oxygen atoms in total. The fraction of sp³-hybridized carbons (Fsp3) is 0.0870. The van der Waals surface area contributed by atoms with Gasteiger partial charge in [-0.2, -0.15) is 0 Å². The fourth-order valence-electron chi connectivity index (χ4n) is 2.93. The highest BCUT2D eigenvalue weighted by Crippen LogP contribution is 2.13. The quantitative estimate of drug-likeness (QED) is 0.390. The molecule has 0 unspecified atom stereocenters. The van der Waals surface area contributed by atoms with Crippen LogP contribution in [-0.4, -0.2) is 9.67 Å². The largest absolute Gasteiger partial charge is 0.267 e. The predicted molar refractivity (Wildman–Crippen MR) is 111 cm³/mol. The molecule has 0 atom stereocenters. The third kappa shape index (κ3) is 4.28. The Balaban J connectivity index is 1.61. The van der Waals surface area contributed by atoms with Gasteiger partial charge < -0.3 is 0 Å². The molecule has 0 aliphatic carbocycles. The lowest BCUT2D eigenvalue weighted by Gasteiger charge is -2.02. The van der Waals surface area contributed by atoms with E-state index in [0.717, 1.165) is 21.0 Å². The number of benzene rings is 2. The van der Waals surface area contributed by atoms with Gasteiger partial charge in [-0.15, -0.1) is 4.68 Å². The maximum atomic E-state index is 12.3. The smallest absolute Gasteiger partial charge is 0.237 e. The second-order valence-electron chi connectivity index (χ2n) is 6.42. The molecule has 4 rings (SSSR count). The van der Waals surface area contributed by atoms with E-state index >= 15 is 0 Å². The normalized spacial score (nSPS) is 10.5. The van der Waals surface area contributed by atoms with Crippen LogP contribution in [0.4, 0.5) is 0 Å². The molecule has 0 aliphatic heterocycles. The predicted octanol–water partition coefficient (Wildman–Crippen LogP) is 4.25. The van der Waals surface area contributed by atoms with Crippen LogP contribution in [0.5, 0.6) is 0 Å². The third-order valence-corrected chi connectivity index (χ3v) is 4.55. The van der Waals surface area contributed by atoms with Crippen molar-refractivity contribution in [2.75, 3.05) is 0 Å². The van der Waals surface area contributed by atoms with Crippen molar-refractivity contribution in [1.29, 1.82) is 0 Å². The minimum Gasteiger partial charge on any atom is -0.237 e. The summed E-state index contributed by atoms with van der Waals surface area (Å²) in [5.74, 6) is 6.26. The summed E-state index contributed by atoms with van der Waals surface area (Å²) >= 11 is 6.04. The Morgan fingerprint density at radius 1 is 1.00 bits per heavy atom. The van der Waals surface area contributed by atoms with Gasteiger partial charge in [-0.25, -0.2) is 4.98 Å². The second kappa shape index (κ2) is 8.08. The van der Waals surface area contributed by atoms with E-state index in [4.69, 9.17) is 11.6 Å². The molecule has 0 bridgehead atoms. The number of nitrogens with zero attached hydrogens (tertiary/aromatic N) is 3. The Bertz CT molecular complexity index is 1250. The summed E-state index contributed by atoms with van der Waals surface area (Å²) in [5.41, 5.74) is 3.52. The molecule has 0 amide bonds. The van der Waals surface area contributed by atoms with E-state index in [0.29, 0.717) is 23.7 Å². The van der Waals surface area contributed by atoms with Gasteiger partial charge in [0, 0.05) is 11.4 Å². The van der Waals surface area contributed by atoms with Crippen molar-refractivity contribution < 1.29 is 4.54 Å². The minimum absolute atomic E-state index is 0.408. The van der Waals surface area contributed by atoms with Crippen molar-refractivity contribution in [1.82, 2.24) is 9.67 Å². The highest BCUT2D eigenvalue weighted by atomic mass is 35.5. The standard InChI is InChI=1S/C23H17ClN3O/c24-21-10-4-9-19(14-21)15-26-17-23-20(16-27(26)28)12-13-22(25-23)11-5-8-18-6-2-1-3-7-18/h1-4,6-7,9-10,12-14,16-17H,8,15H2/q+1. The molecule has 2 heterocycles. The van der Waals surface area contributed by atoms with Crippen LogP contribution in [-0.2, 0) is 13.0 Å². The monoisotopic (exact) mass is 386 g/mol. The molecule has 28 heavy (non-hydrogen) atoms. The molecule has 0 N–H and O–H groups in total. The SMILES string of the molecule is O=[n+]1cc2ccc(C#CCc3ccccc3)nc2cn1Cc1cccc(Cl)c1. The molecule has 0 saturated heterocycles. The lowest BCUT2D eigenvalue weighted by molar-refractivity contribution is -0.596. The fourth-order valence-corrected chi connectivity index (χ4v) is 3.14. The van der Waals surface area contributed by atoms with Gasteiger partial charge in [0.2, 0.25) is 0 Å². The zero-order valence-corrected chi connectivity index (χ0v) is 15.8. The number of fused-ring (bicyclic) bond motifs is 1. The van der Waals surface area contributed by atoms with Gasteiger partial charge in [0.1, 0.15) is 12.2 Å². The van der Waals surface area contributed by atoms with Crippen molar-refractivity contribution in [2.45, 2.75) is 13.0 Å². The molecule has 136 valence electrons. The molecule has 0 saturated carbocycles. The number of hydrogen-bond acceptors (Lipinski definition) is 2. The van der Waals surface area contributed by atoms with Gasteiger partial charge in [-0.05, 0) is 41.3 Å². The Kier molecular flexibility index (Phi) is 5.18. The van der Waals surface area contributed by atoms with E-state index in [-0.39, 0.29) is 0 Å². The van der Waals surface area contributed by atoms with Crippen molar-refractivity contribution in [3.8, 4) is 11.8 Å². The van der Waals surface area contributed by atoms with Crippen LogP contribution in [0.1, 0.15) is 16.8 Å². The lowest BCUT2D eigenvalue weighted by atomic mass is 10.1. The Labute approximate surface area is 167 Å². The average molecular weight is 387 g/mol. The molecule has 0 aliphatic rings. The number of rotatable bonds is 3. The van der Waals surface area contributed by atoms with Gasteiger partial charge >= 0.3 is 0 Å². The molecule has 0 spiro atoms. The van der Waals surface area contributed by atoms with Crippen molar-refractivity contribution >= 4 is 22.5 Å². The average Bonchev–Trinajstić information content (AvgIpc) is 2.70. The first kappa shape index (κ1) is 18.0. The Morgan fingerprint density at radius 3 is 2.64 bits per heavy atom. The summed E-state index contributed by atoms with van der Waals surface area (Å²) < 4.78 is 2.37. The summed E-state index contributed by atoms with van der Waals surface area (Å²) in [7, 11) is 0. The molecular weight excluding hydrogens is 370 g/mol. The zero-order valence-electron chi connectivity index (χ0n) is 15.0. The van der Waals surface area contributed by atoms with E-state index in [1.165, 1.54) is 11.8 Å². The van der Waals surface area contributed by atoms with E-state index < -0.39 is 0 Å². The molecule has 2 aromatic carbocycles. The number of aromatic nitrogens is 3. The zero-order chi connectivity index (χ0) is 19.3. The summed E-state index contributed by atoms with van der Waals surface area (Å²) in [5, 5.41) is 1.41. The molecule has 2 aromatic heterocycles. The lowest BCUT2D eigenvalue weighted by Crippen LogP contribution is -2.30. The van der Waals surface area contributed by atoms with E-state index in [2.05, 4.69) is 16.8 Å². The highest BCUT2D eigenvalue weighted by molar-refractivity contribution is 6.30. The molecule has 0 radical (unpaired) electrons. The second-order valence-corrected chi connectivity index (χ2v) is 6.86. The first-order chi connectivity index (χ1) is 13.7. The van der Waals surface area contributed by atoms with Gasteiger partial charge in [0.05, 0.1) is 22.0 Å². The van der Waals surface area contributed by atoms with E-state index in [1.807, 2.05) is 66.7 Å². The van der Waals surface area contributed by atoms with Crippen LogP contribution >= 0.6 is 11.6 Å². The Morgan fingerprint density at radius 2 is 1.82 bits per heavy atom. The van der Waals surface area contributed by atoms with Crippen molar-refractivity contribution in [2.24, 2.45) is 0 Å². The van der Waals surface area contributed by atoms with Crippen molar-refractivity contribution in [3.05, 3.63) is 106 Å². The van der Waals surface area contributed by atoms with Crippen LogP contribution in [0.15, 0.2) is 79.1 Å². The minimum atomic E-state index is 0.408. The van der Waals surface area contributed by atoms with Crippen LogP contribution in [0.3, 0.4) is 0 Å². The highest BCUT2D eigenvalue weighted by Gasteiger charge is 2.09. The maximum Gasteiger partial charge on any atom is 0.267 e. The summed E-state index contributed by atoms with van der Waals surface area (Å²) in [4.78, 5) is 16.9. The number of hydrogen-bond donors (Lipinski definition) is 0. The number of halogens is 1. The first-order valence-corrected chi connectivity index (χ1v) is 9.26. The van der Waals surface area contributed by atoms with Crippen LogP contribution in [0.25, 0.3) is 10.9 Å². The van der Waals surface area contributed by atoms with Crippen LogP contribution in [0.2, 0.25) is 5.02 Å². The molecule has 5 heteroatoms. The maximum absolute atomic E-state index is 12.3. The first-order valence-electron chi connectivity index (χ1n) is 8.88. The molecular formula is C23H17ClN3O+. The molecule has 4 aromatic rings. The summed E-state index contributed by atoms with van der Waals surface area (Å²) in [6, 6.07) is 21.3. The van der Waals surface area contributed by atoms with E-state index in [9.17, 15) is 4.91 Å². The summed E-state index contributed by atoms with van der Waals surface area (Å²) in [6.45, 7) is 0.408. The van der Waals surface area contributed by atoms with Gasteiger partial charge in [0.15, 0.2) is 4.54 Å². The number of pyridine rings is 1. The third-order valence-electron chi connectivity index (χ3n) is 4.32. The van der Waals surface area contributed by atoms with Gasteiger partial charge in [0.25, 0.3) is 6.20 Å². The van der Waals surface area contributed by atoms with Gasteiger partial charge in [-0.3, -0.25) is 0 Å². The summed E-state index contributed by atoms with van der Waals surface area (Å²) in [6.07, 6.45) is 3.93. The molecule has 0 fully saturated rings. The van der Waals surface area contributed by atoms with Crippen molar-refractivity contribution in [3.63, 3.8) is 0 Å². The van der Waals surface area contributed by atoms with Crippen LogP contribution < -0.4 is 4.54 Å². The Hall–Kier alpha value is -3.42. The van der Waals surface area contributed by atoms with Crippen LogP contribution in [0, 0.1) is 16.7 Å². The van der Waals surface area contributed by atoms with E-state index in [1.54, 1.807) is 10.9 Å². The topological polar surface area (TPSA) is 40.8 Å². The van der Waals surface area contributed by atoms with Gasteiger partial charge in [-0.1, -0.05) is 60.0 Å².